The zero-order valence-electron chi connectivity index (χ0n) is 17.7. The summed E-state index contributed by atoms with van der Waals surface area (Å²) >= 11 is 0. The fraction of sp³-hybridized carbons (Fsp3) is 0.231. The predicted octanol–water partition coefficient (Wildman–Crippen LogP) is 5.03. The number of benzene rings is 3. The first kappa shape index (κ1) is 20.7. The lowest BCUT2D eigenvalue weighted by Crippen LogP contribution is -2.36. The summed E-state index contributed by atoms with van der Waals surface area (Å²) in [5, 5.41) is 5.83. The molecule has 2 N–H and O–H groups in total. The van der Waals surface area contributed by atoms with Crippen LogP contribution in [0.15, 0.2) is 78.9 Å². The van der Waals surface area contributed by atoms with E-state index >= 15 is 0 Å². The molecular formula is C26H27N3O2. The minimum atomic E-state index is -0.267. The van der Waals surface area contributed by atoms with Crippen molar-refractivity contribution in [1.29, 1.82) is 0 Å². The molecule has 1 unspecified atom stereocenters. The number of aryl methyl sites for hydroxylation is 1. The van der Waals surface area contributed by atoms with Gasteiger partial charge in [-0.15, -0.1) is 0 Å². The molecule has 0 saturated heterocycles. The molecule has 0 aromatic heterocycles. The number of carbonyl (C=O) groups excluding carboxylic acids is 2. The van der Waals surface area contributed by atoms with Gasteiger partial charge < -0.3 is 15.5 Å². The van der Waals surface area contributed by atoms with Crippen LogP contribution in [-0.2, 0) is 12.8 Å². The van der Waals surface area contributed by atoms with Crippen molar-refractivity contribution in [3.05, 3.63) is 95.6 Å². The number of para-hydroxylation sites is 1. The number of amides is 3. The molecule has 0 fully saturated rings. The quantitative estimate of drug-likeness (QED) is 0.595. The molecule has 0 spiro atoms. The van der Waals surface area contributed by atoms with E-state index in [0.29, 0.717) is 17.8 Å². The second-order valence-corrected chi connectivity index (χ2v) is 7.94. The Hall–Kier alpha value is -3.60. The molecular weight excluding hydrogens is 386 g/mol. The molecule has 5 heteroatoms. The maximum Gasteiger partial charge on any atom is 0.319 e. The number of hydrogen-bond acceptors (Lipinski definition) is 2. The van der Waals surface area contributed by atoms with Gasteiger partial charge in [-0.05, 0) is 61.6 Å². The number of urea groups is 1. The van der Waals surface area contributed by atoms with Crippen LogP contribution in [0, 0.1) is 0 Å². The molecule has 0 radical (unpaired) electrons. The van der Waals surface area contributed by atoms with Gasteiger partial charge in [-0.1, -0.05) is 54.6 Å². The monoisotopic (exact) mass is 413 g/mol. The van der Waals surface area contributed by atoms with Gasteiger partial charge in [0.2, 0.25) is 0 Å². The Morgan fingerprint density at radius 1 is 0.968 bits per heavy atom. The zero-order chi connectivity index (χ0) is 21.6. The van der Waals surface area contributed by atoms with Crippen LogP contribution in [0.5, 0.6) is 0 Å². The van der Waals surface area contributed by atoms with Crippen LogP contribution in [0.1, 0.15) is 34.8 Å². The highest BCUT2D eigenvalue weighted by Gasteiger charge is 2.25. The molecule has 1 atom stereocenters. The first-order valence-corrected chi connectivity index (χ1v) is 10.7. The van der Waals surface area contributed by atoms with Crippen molar-refractivity contribution in [2.45, 2.75) is 32.2 Å². The average Bonchev–Trinajstić information content (AvgIpc) is 3.22. The molecule has 158 valence electrons. The maximum absolute atomic E-state index is 13.0. The molecule has 0 aliphatic carbocycles. The topological polar surface area (TPSA) is 61.4 Å². The maximum atomic E-state index is 13.0. The second-order valence-electron chi connectivity index (χ2n) is 7.94. The Labute approximate surface area is 183 Å². The van der Waals surface area contributed by atoms with Gasteiger partial charge in [-0.2, -0.15) is 0 Å². The van der Waals surface area contributed by atoms with Crippen LogP contribution in [0.2, 0.25) is 0 Å². The van der Waals surface area contributed by atoms with E-state index in [0.717, 1.165) is 24.9 Å². The van der Waals surface area contributed by atoms with E-state index < -0.39 is 0 Å². The van der Waals surface area contributed by atoms with Crippen molar-refractivity contribution < 1.29 is 9.59 Å². The summed E-state index contributed by atoms with van der Waals surface area (Å²) in [6.07, 6.45) is 2.62. The first-order chi connectivity index (χ1) is 15.1. The lowest BCUT2D eigenvalue weighted by molar-refractivity contribution is 0.0989. The van der Waals surface area contributed by atoms with Crippen LogP contribution in [0.4, 0.5) is 16.2 Å². The molecule has 4 rings (SSSR count). The van der Waals surface area contributed by atoms with Crippen molar-refractivity contribution in [3.63, 3.8) is 0 Å². The Bertz CT molecular complexity index is 1070. The molecule has 3 amide bonds. The Kier molecular flexibility index (Phi) is 6.32. The number of nitrogens with zero attached hydrogens (tertiary/aromatic N) is 1. The third kappa shape index (κ3) is 5.12. The van der Waals surface area contributed by atoms with Crippen LogP contribution in [0.3, 0.4) is 0 Å². The normalized spacial score (nSPS) is 13.4. The van der Waals surface area contributed by atoms with Crippen LogP contribution in [-0.4, -0.2) is 24.5 Å². The van der Waals surface area contributed by atoms with Crippen molar-refractivity contribution in [3.8, 4) is 0 Å². The van der Waals surface area contributed by atoms with E-state index in [-0.39, 0.29) is 18.0 Å². The first-order valence-electron chi connectivity index (χ1n) is 10.7. The Balaban J connectivity index is 1.34. The molecule has 3 aromatic rings. The molecule has 31 heavy (non-hydrogen) atoms. The van der Waals surface area contributed by atoms with E-state index in [9.17, 15) is 9.59 Å². The summed E-state index contributed by atoms with van der Waals surface area (Å²) in [7, 11) is 0. The molecule has 1 aliphatic heterocycles. The molecule has 1 aliphatic rings. The van der Waals surface area contributed by atoms with Crippen molar-refractivity contribution >= 4 is 23.3 Å². The molecule has 5 nitrogen and oxygen atoms in total. The minimum Gasteiger partial charge on any atom is -0.335 e. The average molecular weight is 414 g/mol. The Morgan fingerprint density at radius 3 is 2.58 bits per heavy atom. The number of carbonyl (C=O) groups is 2. The summed E-state index contributed by atoms with van der Waals surface area (Å²) in [5.74, 6) is -0.0507. The second kappa shape index (κ2) is 9.47. The van der Waals surface area contributed by atoms with E-state index in [1.54, 1.807) is 29.2 Å². The number of nitrogens with one attached hydrogen (secondary N) is 2. The number of fused-ring (bicyclic) bond motifs is 1. The minimum absolute atomic E-state index is 0.0334. The largest absolute Gasteiger partial charge is 0.335 e. The van der Waals surface area contributed by atoms with Gasteiger partial charge >= 0.3 is 6.03 Å². The zero-order valence-corrected chi connectivity index (χ0v) is 17.7. The van der Waals surface area contributed by atoms with Gasteiger partial charge in [-0.3, -0.25) is 4.79 Å². The summed E-state index contributed by atoms with van der Waals surface area (Å²) in [5.41, 5.74) is 4.58. The number of rotatable bonds is 6. The van der Waals surface area contributed by atoms with E-state index in [2.05, 4.69) is 28.8 Å². The van der Waals surface area contributed by atoms with Crippen LogP contribution < -0.4 is 15.5 Å². The molecule has 0 saturated carbocycles. The van der Waals surface area contributed by atoms with E-state index in [1.807, 2.05) is 43.3 Å². The SMILES string of the molecule is CC(CCc1ccccc1)NC(=O)Nc1cccc(C(=O)N2CCc3ccccc32)c1. The van der Waals surface area contributed by atoms with Crippen molar-refractivity contribution in [2.75, 3.05) is 16.8 Å². The van der Waals surface area contributed by atoms with Crippen LogP contribution in [0.25, 0.3) is 0 Å². The number of hydrogen-bond donors (Lipinski definition) is 2. The molecule has 0 bridgehead atoms. The van der Waals surface area contributed by atoms with Gasteiger partial charge in [0.15, 0.2) is 0 Å². The van der Waals surface area contributed by atoms with Crippen molar-refractivity contribution in [1.82, 2.24) is 5.32 Å². The third-order valence-electron chi connectivity index (χ3n) is 5.59. The van der Waals surface area contributed by atoms with Gasteiger partial charge in [0.05, 0.1) is 0 Å². The standard InChI is InChI=1S/C26H27N3O2/c1-19(14-15-20-8-3-2-4-9-20)27-26(31)28-23-12-7-11-22(18-23)25(30)29-17-16-21-10-5-6-13-24(21)29/h2-13,18-19H,14-17H2,1H3,(H2,27,28,31). The van der Waals surface area contributed by atoms with Crippen LogP contribution >= 0.6 is 0 Å². The predicted molar refractivity (Wildman–Crippen MR) is 125 cm³/mol. The summed E-state index contributed by atoms with van der Waals surface area (Å²) < 4.78 is 0. The van der Waals surface area contributed by atoms with E-state index in [1.165, 1.54) is 11.1 Å². The van der Waals surface area contributed by atoms with E-state index in [4.69, 9.17) is 0 Å². The van der Waals surface area contributed by atoms with Crippen molar-refractivity contribution in [2.24, 2.45) is 0 Å². The summed E-state index contributed by atoms with van der Waals surface area (Å²) in [6.45, 7) is 2.67. The fourth-order valence-corrected chi connectivity index (χ4v) is 3.93. The lowest BCUT2D eigenvalue weighted by atomic mass is 10.1. The van der Waals surface area contributed by atoms with Gasteiger partial charge in [0, 0.05) is 29.5 Å². The number of anilines is 2. The summed E-state index contributed by atoms with van der Waals surface area (Å²) in [4.78, 5) is 27.3. The smallest absolute Gasteiger partial charge is 0.319 e. The Morgan fingerprint density at radius 2 is 1.74 bits per heavy atom. The molecule has 3 aromatic carbocycles. The molecule has 1 heterocycles. The lowest BCUT2D eigenvalue weighted by Gasteiger charge is -2.18. The summed E-state index contributed by atoms with van der Waals surface area (Å²) in [6, 6.07) is 25.1. The highest BCUT2D eigenvalue weighted by atomic mass is 16.2. The highest BCUT2D eigenvalue weighted by Crippen LogP contribution is 2.29. The fourth-order valence-electron chi connectivity index (χ4n) is 3.93. The van der Waals surface area contributed by atoms with Gasteiger partial charge in [0.1, 0.15) is 0 Å². The van der Waals surface area contributed by atoms with Gasteiger partial charge in [-0.25, -0.2) is 4.79 Å². The highest BCUT2D eigenvalue weighted by molar-refractivity contribution is 6.08. The third-order valence-corrected chi connectivity index (χ3v) is 5.59. The van der Waals surface area contributed by atoms with Gasteiger partial charge in [0.25, 0.3) is 5.91 Å².